The first kappa shape index (κ1) is 29.9. The van der Waals surface area contributed by atoms with Crippen LogP contribution in [0.3, 0.4) is 0 Å². The number of primary amides is 1. The highest BCUT2D eigenvalue weighted by atomic mass is 35.5. The molecule has 0 radical (unpaired) electrons. The number of aromatic hydroxyl groups is 1. The number of pyridine rings is 1. The maximum atomic E-state index is 13.9. The Morgan fingerprint density at radius 2 is 1.76 bits per heavy atom. The van der Waals surface area contributed by atoms with Crippen molar-refractivity contribution in [2.24, 2.45) is 17.6 Å². The van der Waals surface area contributed by atoms with E-state index in [9.17, 15) is 39.6 Å². The summed E-state index contributed by atoms with van der Waals surface area (Å²) in [6.45, 7) is 0. The Morgan fingerprint density at radius 1 is 1.10 bits per heavy atom. The number of carbonyl (C=O) groups is 4. The van der Waals surface area contributed by atoms with Crippen molar-refractivity contribution in [3.05, 3.63) is 75.8 Å². The van der Waals surface area contributed by atoms with Crippen LogP contribution in [-0.4, -0.2) is 74.3 Å². The van der Waals surface area contributed by atoms with E-state index in [2.05, 4.69) is 4.98 Å². The molecule has 41 heavy (non-hydrogen) atoms. The fourth-order valence-electron chi connectivity index (χ4n) is 6.51. The van der Waals surface area contributed by atoms with Gasteiger partial charge in [0.15, 0.2) is 29.6 Å². The van der Waals surface area contributed by atoms with Crippen LogP contribution in [0.1, 0.15) is 39.9 Å². The SMILES string of the molecule is CN(C)[C@@H]1C(=O)C(C(N)=O)=C(O)[C@@]2(O)C(=O)C3=C(O)c4c(O)ccc(CCC(=O)c5cc[nH+]cc5)c4C[C@H]3C[C@@H]12.[Cl-]. The van der Waals surface area contributed by atoms with E-state index in [0.717, 1.165) is 0 Å². The Labute approximate surface area is 241 Å². The maximum Gasteiger partial charge on any atom is 0.255 e. The minimum atomic E-state index is -2.68. The van der Waals surface area contributed by atoms with Gasteiger partial charge in [-0.25, -0.2) is 4.98 Å². The average Bonchev–Trinajstić information content (AvgIpc) is 2.90. The lowest BCUT2D eigenvalue weighted by atomic mass is 9.57. The minimum Gasteiger partial charge on any atom is -1.00 e. The summed E-state index contributed by atoms with van der Waals surface area (Å²) in [5, 5.41) is 44.6. The molecule has 0 unspecified atom stereocenters. The summed E-state index contributed by atoms with van der Waals surface area (Å²) in [7, 11) is 3.09. The molecule has 216 valence electrons. The topological polar surface area (TPSA) is 193 Å². The number of fused-ring (bicyclic) bond motifs is 3. The average molecular weight is 584 g/mol. The lowest BCUT2D eigenvalue weighted by Crippen LogP contribution is -3.00. The predicted molar refractivity (Wildman–Crippen MR) is 140 cm³/mol. The van der Waals surface area contributed by atoms with Crippen LogP contribution in [-0.2, 0) is 27.2 Å². The third kappa shape index (κ3) is 4.50. The Bertz CT molecular complexity index is 1530. The van der Waals surface area contributed by atoms with Crippen molar-refractivity contribution >= 4 is 29.0 Å². The highest BCUT2D eigenvalue weighted by Gasteiger charge is 2.64. The number of phenols is 1. The molecule has 0 aliphatic heterocycles. The zero-order chi connectivity index (χ0) is 29.1. The molecule has 1 aromatic carbocycles. The number of hydrogen-bond acceptors (Lipinski definition) is 9. The lowest BCUT2D eigenvalue weighted by molar-refractivity contribution is -0.378. The molecule has 5 rings (SSSR count). The molecular weight excluding hydrogens is 554 g/mol. The fraction of sp³-hybridized carbons (Fsp3) is 0.345. The van der Waals surface area contributed by atoms with Gasteiger partial charge in [-0.3, -0.25) is 24.1 Å². The molecule has 1 aromatic heterocycles. The third-order valence-corrected chi connectivity index (χ3v) is 8.36. The zero-order valence-electron chi connectivity index (χ0n) is 22.3. The molecule has 2 aromatic rings. The van der Waals surface area contributed by atoms with Crippen molar-refractivity contribution in [3.63, 3.8) is 0 Å². The van der Waals surface area contributed by atoms with E-state index in [4.69, 9.17) is 5.73 Å². The predicted octanol–water partition coefficient (Wildman–Crippen LogP) is -2.40. The smallest absolute Gasteiger partial charge is 0.255 e. The molecule has 3 aliphatic rings. The molecule has 1 fully saturated rings. The largest absolute Gasteiger partial charge is 1.00 e. The van der Waals surface area contributed by atoms with Gasteiger partial charge in [0.25, 0.3) is 5.91 Å². The number of aliphatic hydroxyl groups is 3. The summed E-state index contributed by atoms with van der Waals surface area (Å²) in [5.74, 6) is -7.04. The fourth-order valence-corrected chi connectivity index (χ4v) is 6.51. The monoisotopic (exact) mass is 583 g/mol. The van der Waals surface area contributed by atoms with Gasteiger partial charge in [0.2, 0.25) is 5.78 Å². The molecule has 4 atom stereocenters. The minimum absolute atomic E-state index is 0. The number of Topliss-reactive ketones (excluding diaryl/α,β-unsaturated/α-hetero) is 3. The molecule has 7 N–H and O–H groups in total. The number of nitrogens with one attached hydrogen (secondary N) is 1. The maximum absolute atomic E-state index is 13.9. The van der Waals surface area contributed by atoms with Crippen LogP contribution in [0.25, 0.3) is 5.76 Å². The second-order valence-electron chi connectivity index (χ2n) is 10.8. The number of nitrogens with zero attached hydrogens (tertiary/aromatic N) is 1. The molecule has 0 spiro atoms. The molecule has 0 saturated heterocycles. The van der Waals surface area contributed by atoms with E-state index in [0.29, 0.717) is 23.1 Å². The molecule has 1 heterocycles. The van der Waals surface area contributed by atoms with Crippen LogP contribution in [0.4, 0.5) is 0 Å². The molecule has 0 bridgehead atoms. The normalized spacial score (nSPS) is 25.3. The molecule has 11 nitrogen and oxygen atoms in total. The van der Waals surface area contributed by atoms with Crippen molar-refractivity contribution in [3.8, 4) is 5.75 Å². The summed E-state index contributed by atoms with van der Waals surface area (Å²) in [5.41, 5.74) is 3.39. The third-order valence-electron chi connectivity index (χ3n) is 8.36. The number of aryl methyl sites for hydroxylation is 1. The molecule has 1 saturated carbocycles. The molecule has 1 amide bonds. The summed E-state index contributed by atoms with van der Waals surface area (Å²) in [6, 6.07) is 5.22. The van der Waals surface area contributed by atoms with Gasteiger partial charge in [-0.2, -0.15) is 0 Å². The highest BCUT2D eigenvalue weighted by Crippen LogP contribution is 2.53. The van der Waals surface area contributed by atoms with Gasteiger partial charge in [-0.1, -0.05) is 6.07 Å². The second kappa shape index (κ2) is 10.7. The molecule has 12 heteroatoms. The van der Waals surface area contributed by atoms with E-state index in [1.807, 2.05) is 0 Å². The number of amides is 1. The van der Waals surface area contributed by atoms with Crippen LogP contribution in [0, 0.1) is 11.8 Å². The van der Waals surface area contributed by atoms with E-state index in [1.165, 1.54) is 11.0 Å². The van der Waals surface area contributed by atoms with Gasteiger partial charge in [0.1, 0.15) is 22.8 Å². The number of H-pyrrole nitrogens is 1. The number of halogens is 1. The van der Waals surface area contributed by atoms with Crippen LogP contribution in [0.2, 0.25) is 0 Å². The van der Waals surface area contributed by atoms with Crippen molar-refractivity contribution in [2.75, 3.05) is 14.1 Å². The highest BCUT2D eigenvalue weighted by molar-refractivity contribution is 6.24. The summed E-state index contributed by atoms with van der Waals surface area (Å²) in [4.78, 5) is 56.2. The first-order valence-electron chi connectivity index (χ1n) is 12.9. The number of nitrogens with two attached hydrogens (primary N) is 1. The standard InChI is InChI=1S/C29H29N3O8.ClH/c1-32(2)23-17-12-15-11-16-13(3-5-18(33)14-7-9-31-10-8-14)4-6-19(34)21(16)24(35)20(15)26(37)29(17,40)27(38)22(25(23)36)28(30)39;/h4,6-10,15,17,23,34-35,38,40H,3,5,11-12H2,1-2H3,(H2,30,39);1H/t15-,17-,23-,29-;/m0./s1. The van der Waals surface area contributed by atoms with Crippen molar-refractivity contribution < 1.29 is 57.0 Å². The number of aliphatic hydroxyl groups excluding tert-OH is 2. The van der Waals surface area contributed by atoms with Crippen LogP contribution >= 0.6 is 0 Å². The molecular formula is C29H30ClN3O8. The number of likely N-dealkylation sites (N-methyl/N-ethyl adjacent to an activating group) is 1. The zero-order valence-corrected chi connectivity index (χ0v) is 23.1. The van der Waals surface area contributed by atoms with E-state index >= 15 is 0 Å². The number of carbonyl (C=O) groups excluding carboxylic acids is 4. The van der Waals surface area contributed by atoms with Crippen molar-refractivity contribution in [1.29, 1.82) is 0 Å². The van der Waals surface area contributed by atoms with Gasteiger partial charge in [-0.05, 0) is 56.5 Å². The Morgan fingerprint density at radius 3 is 2.37 bits per heavy atom. The first-order chi connectivity index (χ1) is 18.9. The summed E-state index contributed by atoms with van der Waals surface area (Å²) >= 11 is 0. The van der Waals surface area contributed by atoms with Crippen molar-refractivity contribution in [1.82, 2.24) is 4.90 Å². The number of rotatable bonds is 6. The van der Waals surface area contributed by atoms with Gasteiger partial charge in [-0.15, -0.1) is 0 Å². The second-order valence-corrected chi connectivity index (χ2v) is 10.8. The summed E-state index contributed by atoms with van der Waals surface area (Å²) < 4.78 is 0. The molecule has 3 aliphatic carbocycles. The number of aromatic amines is 1. The number of ketones is 3. The van der Waals surface area contributed by atoms with Crippen LogP contribution in [0.5, 0.6) is 5.75 Å². The van der Waals surface area contributed by atoms with Crippen LogP contribution in [0.15, 0.2) is 53.6 Å². The lowest BCUT2D eigenvalue weighted by Gasteiger charge is -2.50. The van der Waals surface area contributed by atoms with Crippen molar-refractivity contribution in [2.45, 2.75) is 37.3 Å². The Hall–Kier alpha value is -4.06. The van der Waals surface area contributed by atoms with Gasteiger partial charge in [0.05, 0.1) is 11.6 Å². The number of aromatic nitrogens is 1. The quantitative estimate of drug-likeness (QED) is 0.182. The number of hydrogen-bond donors (Lipinski definition) is 5. The Balaban J connectivity index is 0.00000387. The first-order valence-corrected chi connectivity index (χ1v) is 12.9. The number of benzene rings is 1. The summed E-state index contributed by atoms with van der Waals surface area (Å²) in [6.07, 6.45) is 3.94. The Kier molecular flexibility index (Phi) is 7.83. The van der Waals surface area contributed by atoms with E-state index in [-0.39, 0.29) is 54.3 Å². The van der Waals surface area contributed by atoms with Gasteiger partial charge >= 0.3 is 0 Å². The van der Waals surface area contributed by atoms with Gasteiger partial charge < -0.3 is 38.6 Å². The van der Waals surface area contributed by atoms with E-state index in [1.54, 1.807) is 44.7 Å². The van der Waals surface area contributed by atoms with Gasteiger partial charge in [0, 0.05) is 35.6 Å². The van der Waals surface area contributed by atoms with E-state index < -0.39 is 58.0 Å². The number of phenolic OH excluding ortho intramolecular Hbond substituents is 1. The van der Waals surface area contributed by atoms with Crippen LogP contribution < -0.4 is 23.1 Å².